The molecule has 0 aliphatic carbocycles. The summed E-state index contributed by atoms with van der Waals surface area (Å²) in [6, 6.07) is 10.2. The van der Waals surface area contributed by atoms with Crippen molar-refractivity contribution in [1.29, 1.82) is 0 Å². The topological polar surface area (TPSA) is 103 Å². The van der Waals surface area contributed by atoms with E-state index in [-0.39, 0.29) is 23.0 Å². The monoisotopic (exact) mass is 499 g/mol. The Hall–Kier alpha value is -2.97. The van der Waals surface area contributed by atoms with Crippen molar-refractivity contribution in [2.45, 2.75) is 71.2 Å². The molecule has 0 spiro atoms. The van der Waals surface area contributed by atoms with Crippen molar-refractivity contribution in [2.24, 2.45) is 5.92 Å². The van der Waals surface area contributed by atoms with E-state index in [0.717, 1.165) is 35.8 Å². The highest BCUT2D eigenvalue weighted by Crippen LogP contribution is 2.29. The van der Waals surface area contributed by atoms with E-state index in [9.17, 15) is 18.0 Å². The number of sulfonamides is 1. The summed E-state index contributed by atoms with van der Waals surface area (Å²) in [5.41, 5.74) is 2.24. The van der Waals surface area contributed by atoms with Gasteiger partial charge in [-0.2, -0.15) is 4.72 Å². The molecule has 1 heterocycles. The predicted octanol–water partition coefficient (Wildman–Crippen LogP) is 5.05. The molecule has 1 N–H and O–H groups in total. The van der Waals surface area contributed by atoms with Gasteiger partial charge in [0.25, 0.3) is 0 Å². The molecule has 3 aromatic rings. The second kappa shape index (κ2) is 11.2. The molecular weight excluding hydrogens is 466 g/mol. The Labute approximate surface area is 206 Å². The van der Waals surface area contributed by atoms with E-state index < -0.39 is 27.7 Å². The first-order valence-corrected chi connectivity index (χ1v) is 13.4. The minimum Gasteiger partial charge on any atom is -0.425 e. The molecule has 188 valence electrons. The number of unbranched alkanes of at least 4 members (excludes halogenated alkanes) is 1. The molecule has 0 saturated carbocycles. The Morgan fingerprint density at radius 1 is 1.09 bits per heavy atom. The summed E-state index contributed by atoms with van der Waals surface area (Å²) in [7, 11) is -3.93. The van der Waals surface area contributed by atoms with Gasteiger partial charge >= 0.3 is 11.6 Å². The summed E-state index contributed by atoms with van der Waals surface area (Å²) < 4.78 is 39.5. The number of rotatable bonds is 10. The standard InChI is InChI=1S/C27H33NO6S/c1-6-7-8-20-16-25(29)34-26-19(5)24(14-13-22(20)26)33-27(30)23(15-17(2)3)28-35(31,32)21-11-9-18(4)10-12-21/h9-14,16-17,23,28H,6-8,15H2,1-5H3. The Morgan fingerprint density at radius 3 is 2.40 bits per heavy atom. The van der Waals surface area contributed by atoms with Crippen molar-refractivity contribution in [3.8, 4) is 5.75 Å². The first kappa shape index (κ1) is 26.6. The van der Waals surface area contributed by atoms with Crippen molar-refractivity contribution < 1.29 is 22.4 Å². The Kier molecular flexibility index (Phi) is 8.51. The van der Waals surface area contributed by atoms with Gasteiger partial charge in [-0.25, -0.2) is 18.0 Å². The van der Waals surface area contributed by atoms with E-state index in [4.69, 9.17) is 9.15 Å². The fraction of sp³-hybridized carbons (Fsp3) is 0.407. The molecule has 0 aliphatic heterocycles. The first-order chi connectivity index (χ1) is 16.5. The number of carbonyl (C=O) groups excluding carboxylic acids is 1. The van der Waals surface area contributed by atoms with Crippen LogP contribution in [0.5, 0.6) is 5.75 Å². The lowest BCUT2D eigenvalue weighted by Gasteiger charge is -2.20. The highest BCUT2D eigenvalue weighted by molar-refractivity contribution is 7.89. The molecule has 8 heteroatoms. The predicted molar refractivity (Wildman–Crippen MR) is 136 cm³/mol. The lowest BCUT2D eigenvalue weighted by atomic mass is 10.0. The van der Waals surface area contributed by atoms with Gasteiger partial charge in [0.05, 0.1) is 4.90 Å². The molecule has 1 unspecified atom stereocenters. The summed E-state index contributed by atoms with van der Waals surface area (Å²) in [5.74, 6) is -0.465. The molecule has 0 fully saturated rings. The smallest absolute Gasteiger partial charge is 0.336 e. The third-order valence-corrected chi connectivity index (χ3v) is 7.32. The fourth-order valence-electron chi connectivity index (χ4n) is 3.91. The van der Waals surface area contributed by atoms with Crippen LogP contribution in [0.25, 0.3) is 11.0 Å². The van der Waals surface area contributed by atoms with Gasteiger partial charge in [0.2, 0.25) is 10.0 Å². The van der Waals surface area contributed by atoms with E-state index in [1.165, 1.54) is 18.2 Å². The first-order valence-electron chi connectivity index (χ1n) is 11.9. The number of fused-ring (bicyclic) bond motifs is 1. The molecule has 0 radical (unpaired) electrons. The van der Waals surface area contributed by atoms with Crippen molar-refractivity contribution in [1.82, 2.24) is 4.72 Å². The number of hydrogen-bond acceptors (Lipinski definition) is 6. The Balaban J connectivity index is 1.91. The van der Waals surface area contributed by atoms with E-state index in [0.29, 0.717) is 11.1 Å². The van der Waals surface area contributed by atoms with Gasteiger partial charge in [0, 0.05) is 17.0 Å². The van der Waals surface area contributed by atoms with Crippen LogP contribution in [-0.4, -0.2) is 20.4 Å². The zero-order valence-corrected chi connectivity index (χ0v) is 21.7. The number of ether oxygens (including phenoxy) is 1. The molecule has 2 aromatic carbocycles. The van der Waals surface area contributed by atoms with E-state index in [2.05, 4.69) is 11.6 Å². The SMILES string of the molecule is CCCCc1cc(=O)oc2c(C)c(OC(=O)C(CC(C)C)NS(=O)(=O)c3ccc(C)cc3)ccc12. The fourth-order valence-corrected chi connectivity index (χ4v) is 5.11. The van der Waals surface area contributed by atoms with Gasteiger partial charge in [-0.15, -0.1) is 0 Å². The molecule has 1 aromatic heterocycles. The normalized spacial score (nSPS) is 12.7. The molecular formula is C27H33NO6S. The lowest BCUT2D eigenvalue weighted by molar-refractivity contribution is -0.136. The van der Waals surface area contributed by atoms with Crippen LogP contribution in [0.2, 0.25) is 0 Å². The Morgan fingerprint density at radius 2 is 1.77 bits per heavy atom. The zero-order valence-electron chi connectivity index (χ0n) is 20.9. The number of esters is 1. The molecule has 0 saturated heterocycles. The average molecular weight is 500 g/mol. The van der Waals surface area contributed by atoms with E-state index >= 15 is 0 Å². The average Bonchev–Trinajstić information content (AvgIpc) is 2.79. The second-order valence-corrected chi connectivity index (χ2v) is 11.0. The largest absolute Gasteiger partial charge is 0.425 e. The van der Waals surface area contributed by atoms with Gasteiger partial charge in [-0.1, -0.05) is 44.9 Å². The van der Waals surface area contributed by atoms with Crippen molar-refractivity contribution in [3.05, 3.63) is 69.6 Å². The second-order valence-electron chi connectivity index (χ2n) is 9.30. The number of nitrogens with one attached hydrogen (secondary N) is 1. The summed E-state index contributed by atoms with van der Waals surface area (Å²) in [4.78, 5) is 25.4. The molecule has 0 bridgehead atoms. The minimum atomic E-state index is -3.93. The molecule has 1 atom stereocenters. The third kappa shape index (κ3) is 6.58. The van der Waals surface area contributed by atoms with Gasteiger partial charge < -0.3 is 9.15 Å². The van der Waals surface area contributed by atoms with Crippen molar-refractivity contribution in [2.75, 3.05) is 0 Å². The summed E-state index contributed by atoms with van der Waals surface area (Å²) in [6.07, 6.45) is 2.93. The highest BCUT2D eigenvalue weighted by Gasteiger charge is 2.29. The van der Waals surface area contributed by atoms with E-state index in [1.807, 2.05) is 20.8 Å². The minimum absolute atomic E-state index is 0.0325. The van der Waals surface area contributed by atoms with Crippen LogP contribution >= 0.6 is 0 Å². The molecule has 35 heavy (non-hydrogen) atoms. The maximum atomic E-state index is 13.1. The van der Waals surface area contributed by atoms with Crippen LogP contribution < -0.4 is 15.1 Å². The third-order valence-electron chi connectivity index (χ3n) is 5.83. The number of carbonyl (C=O) groups is 1. The Bertz CT molecular complexity index is 1360. The van der Waals surface area contributed by atoms with Crippen LogP contribution in [0.15, 0.2) is 56.6 Å². The van der Waals surface area contributed by atoms with E-state index in [1.54, 1.807) is 31.2 Å². The van der Waals surface area contributed by atoms with Gasteiger partial charge in [0.1, 0.15) is 17.4 Å². The van der Waals surface area contributed by atoms with Crippen LogP contribution in [-0.2, 0) is 21.2 Å². The summed E-state index contributed by atoms with van der Waals surface area (Å²) >= 11 is 0. The maximum absolute atomic E-state index is 13.1. The van der Waals surface area contributed by atoms with Gasteiger partial charge in [-0.05, 0) is 68.9 Å². The van der Waals surface area contributed by atoms with Crippen molar-refractivity contribution in [3.63, 3.8) is 0 Å². The summed E-state index contributed by atoms with van der Waals surface area (Å²) in [5, 5.41) is 0.800. The number of aryl methyl sites for hydroxylation is 3. The lowest BCUT2D eigenvalue weighted by Crippen LogP contribution is -2.43. The summed E-state index contributed by atoms with van der Waals surface area (Å²) in [6.45, 7) is 9.45. The van der Waals surface area contributed by atoms with Crippen LogP contribution in [0.4, 0.5) is 0 Å². The number of benzene rings is 2. The molecule has 7 nitrogen and oxygen atoms in total. The van der Waals surface area contributed by atoms with Crippen molar-refractivity contribution >= 4 is 27.0 Å². The molecule has 0 amide bonds. The highest BCUT2D eigenvalue weighted by atomic mass is 32.2. The zero-order chi connectivity index (χ0) is 25.8. The van der Waals surface area contributed by atoms with Gasteiger partial charge in [0.15, 0.2) is 0 Å². The van der Waals surface area contributed by atoms with Crippen LogP contribution in [0.1, 0.15) is 56.7 Å². The maximum Gasteiger partial charge on any atom is 0.336 e. The molecule has 3 rings (SSSR count). The quantitative estimate of drug-likeness (QED) is 0.238. The van der Waals surface area contributed by atoms with Gasteiger partial charge in [-0.3, -0.25) is 0 Å². The molecule has 0 aliphatic rings. The van der Waals surface area contributed by atoms with Crippen LogP contribution in [0.3, 0.4) is 0 Å². The van der Waals surface area contributed by atoms with Crippen LogP contribution in [0, 0.1) is 19.8 Å². The number of hydrogen-bond donors (Lipinski definition) is 1.